The number of allylic oxidation sites excluding steroid dienone is 3. The van der Waals surface area contributed by atoms with Crippen LogP contribution in [0.1, 0.15) is 27.7 Å². The Morgan fingerprint density at radius 2 is 1.82 bits per heavy atom. The molecule has 1 heteroatoms. The van der Waals surface area contributed by atoms with E-state index in [-0.39, 0.29) is 11.7 Å². The summed E-state index contributed by atoms with van der Waals surface area (Å²) >= 11 is 0. The van der Waals surface area contributed by atoms with E-state index in [2.05, 4.69) is 6.58 Å². The van der Waals surface area contributed by atoms with E-state index in [0.717, 1.165) is 11.1 Å². The minimum atomic E-state index is 0.0201. The molecule has 1 unspecified atom stereocenters. The van der Waals surface area contributed by atoms with E-state index < -0.39 is 0 Å². The summed E-state index contributed by atoms with van der Waals surface area (Å²) in [6, 6.07) is 0. The van der Waals surface area contributed by atoms with Crippen molar-refractivity contribution >= 4 is 5.78 Å². The minimum Gasteiger partial charge on any atom is -0.299 e. The van der Waals surface area contributed by atoms with Crippen LogP contribution >= 0.6 is 0 Å². The van der Waals surface area contributed by atoms with E-state index in [0.29, 0.717) is 0 Å². The zero-order valence-electron chi connectivity index (χ0n) is 7.77. The second-order valence-corrected chi connectivity index (χ2v) is 3.03. The van der Waals surface area contributed by atoms with E-state index in [1.165, 1.54) is 0 Å². The minimum absolute atomic E-state index is 0.0201. The van der Waals surface area contributed by atoms with Crippen LogP contribution in [0.2, 0.25) is 0 Å². The highest BCUT2D eigenvalue weighted by atomic mass is 16.1. The third-order valence-corrected chi connectivity index (χ3v) is 1.81. The van der Waals surface area contributed by atoms with Crippen LogP contribution in [-0.4, -0.2) is 5.78 Å². The Labute approximate surface area is 68.8 Å². The van der Waals surface area contributed by atoms with Crippen molar-refractivity contribution in [3.8, 4) is 0 Å². The Hall–Kier alpha value is -0.850. The molecular weight excluding hydrogens is 136 g/mol. The van der Waals surface area contributed by atoms with E-state index in [1.807, 2.05) is 26.8 Å². The summed E-state index contributed by atoms with van der Waals surface area (Å²) in [7, 11) is 0. The lowest BCUT2D eigenvalue weighted by Crippen LogP contribution is -2.03. The number of hydrogen-bond acceptors (Lipinski definition) is 1. The fourth-order valence-electron chi connectivity index (χ4n) is 0.635. The Morgan fingerprint density at radius 3 is 2.09 bits per heavy atom. The Morgan fingerprint density at radius 1 is 1.36 bits per heavy atom. The van der Waals surface area contributed by atoms with Gasteiger partial charge in [-0.1, -0.05) is 30.7 Å². The van der Waals surface area contributed by atoms with Crippen LogP contribution in [0, 0.1) is 5.92 Å². The fraction of sp³-hybridized carbons (Fsp3) is 0.500. The number of hydrogen-bond donors (Lipinski definition) is 0. The smallest absolute Gasteiger partial charge is 0.136 e. The van der Waals surface area contributed by atoms with Crippen LogP contribution in [0.3, 0.4) is 0 Å². The van der Waals surface area contributed by atoms with Gasteiger partial charge in [0.05, 0.1) is 0 Å². The molecule has 0 aromatic carbocycles. The predicted octanol–water partition coefficient (Wildman–Crippen LogP) is 2.73. The Kier molecular flexibility index (Phi) is 3.80. The average Bonchev–Trinajstić information content (AvgIpc) is 1.87. The van der Waals surface area contributed by atoms with Crippen molar-refractivity contribution in [2.75, 3.05) is 0 Å². The molecule has 0 aromatic heterocycles. The summed E-state index contributed by atoms with van der Waals surface area (Å²) in [4.78, 5) is 10.8. The van der Waals surface area contributed by atoms with Gasteiger partial charge in [-0.2, -0.15) is 0 Å². The number of Topliss-reactive ketones (excluding diaryl/α,β-unsaturated/α-hetero) is 1. The lowest BCUT2D eigenvalue weighted by molar-refractivity contribution is -0.118. The molecule has 1 atom stereocenters. The van der Waals surface area contributed by atoms with Crippen LogP contribution in [0.5, 0.6) is 0 Å². The van der Waals surface area contributed by atoms with Gasteiger partial charge < -0.3 is 0 Å². The van der Waals surface area contributed by atoms with Crippen molar-refractivity contribution in [1.82, 2.24) is 0 Å². The summed E-state index contributed by atoms with van der Waals surface area (Å²) in [6.07, 6.45) is 1.95. The van der Waals surface area contributed by atoms with Crippen LogP contribution in [0.4, 0.5) is 0 Å². The lowest BCUT2D eigenvalue weighted by Gasteiger charge is -2.03. The lowest BCUT2D eigenvalue weighted by atomic mass is 10.0. The van der Waals surface area contributed by atoms with Crippen LogP contribution < -0.4 is 0 Å². The largest absolute Gasteiger partial charge is 0.299 e. The normalized spacial score (nSPS) is 14.4. The molecule has 0 heterocycles. The van der Waals surface area contributed by atoms with Crippen molar-refractivity contribution in [1.29, 1.82) is 0 Å². The summed E-state index contributed by atoms with van der Waals surface area (Å²) < 4.78 is 0. The molecule has 0 rings (SSSR count). The van der Waals surface area contributed by atoms with Gasteiger partial charge in [-0.15, -0.1) is 0 Å². The third-order valence-electron chi connectivity index (χ3n) is 1.81. The second-order valence-electron chi connectivity index (χ2n) is 3.03. The summed E-state index contributed by atoms with van der Waals surface area (Å²) in [5.74, 6) is 0.220. The first-order chi connectivity index (χ1) is 4.95. The third kappa shape index (κ3) is 3.76. The van der Waals surface area contributed by atoms with Crippen LogP contribution in [0.15, 0.2) is 23.8 Å². The first-order valence-electron chi connectivity index (χ1n) is 3.80. The first kappa shape index (κ1) is 10.2. The van der Waals surface area contributed by atoms with Crippen LogP contribution in [0.25, 0.3) is 0 Å². The maximum Gasteiger partial charge on any atom is 0.136 e. The fourth-order valence-corrected chi connectivity index (χ4v) is 0.635. The standard InChI is InChI=1S/C10H16O/c1-7(2)8(3)6-9(4)10(5)11/h6,9H,1H2,2-5H3/b8-6+. The summed E-state index contributed by atoms with van der Waals surface area (Å²) in [6.45, 7) is 11.2. The van der Waals surface area contributed by atoms with Gasteiger partial charge in [0.15, 0.2) is 0 Å². The molecule has 0 spiro atoms. The van der Waals surface area contributed by atoms with Crippen LogP contribution in [-0.2, 0) is 4.79 Å². The molecular formula is C10H16O. The molecule has 0 saturated heterocycles. The molecule has 0 radical (unpaired) electrons. The number of carbonyl (C=O) groups excluding carboxylic acids is 1. The maximum atomic E-state index is 10.8. The maximum absolute atomic E-state index is 10.8. The van der Waals surface area contributed by atoms with E-state index in [4.69, 9.17) is 0 Å². The highest BCUT2D eigenvalue weighted by Crippen LogP contribution is 2.10. The van der Waals surface area contributed by atoms with Gasteiger partial charge in [0.1, 0.15) is 5.78 Å². The number of ketones is 1. The molecule has 0 N–H and O–H groups in total. The van der Waals surface area contributed by atoms with Gasteiger partial charge >= 0.3 is 0 Å². The molecule has 0 saturated carbocycles. The van der Waals surface area contributed by atoms with Gasteiger partial charge in [0.25, 0.3) is 0 Å². The zero-order chi connectivity index (χ0) is 9.02. The van der Waals surface area contributed by atoms with Gasteiger partial charge in [-0.3, -0.25) is 4.79 Å². The van der Waals surface area contributed by atoms with Crippen molar-refractivity contribution in [3.05, 3.63) is 23.8 Å². The Balaban J connectivity index is 4.31. The van der Waals surface area contributed by atoms with E-state index >= 15 is 0 Å². The predicted molar refractivity (Wildman–Crippen MR) is 48.4 cm³/mol. The Bertz CT molecular complexity index is 199. The quantitative estimate of drug-likeness (QED) is 0.568. The van der Waals surface area contributed by atoms with Gasteiger partial charge in [-0.05, 0) is 20.8 Å². The molecule has 0 aliphatic heterocycles. The highest BCUT2D eigenvalue weighted by Gasteiger charge is 2.03. The monoisotopic (exact) mass is 152 g/mol. The number of rotatable bonds is 3. The van der Waals surface area contributed by atoms with Crippen molar-refractivity contribution in [2.24, 2.45) is 5.92 Å². The molecule has 0 aliphatic carbocycles. The molecule has 0 amide bonds. The molecule has 11 heavy (non-hydrogen) atoms. The zero-order valence-corrected chi connectivity index (χ0v) is 7.77. The summed E-state index contributed by atoms with van der Waals surface area (Å²) in [5, 5.41) is 0. The van der Waals surface area contributed by atoms with E-state index in [9.17, 15) is 4.79 Å². The first-order valence-corrected chi connectivity index (χ1v) is 3.80. The number of carbonyl (C=O) groups is 1. The average molecular weight is 152 g/mol. The molecule has 0 aromatic rings. The molecule has 0 fully saturated rings. The van der Waals surface area contributed by atoms with Crippen molar-refractivity contribution < 1.29 is 4.79 Å². The molecule has 62 valence electrons. The van der Waals surface area contributed by atoms with E-state index in [1.54, 1.807) is 6.92 Å². The highest BCUT2D eigenvalue weighted by molar-refractivity contribution is 5.79. The van der Waals surface area contributed by atoms with Crippen molar-refractivity contribution in [3.63, 3.8) is 0 Å². The van der Waals surface area contributed by atoms with Gasteiger partial charge in [0.2, 0.25) is 0 Å². The van der Waals surface area contributed by atoms with Gasteiger partial charge in [-0.25, -0.2) is 0 Å². The second kappa shape index (κ2) is 4.12. The molecule has 0 bridgehead atoms. The summed E-state index contributed by atoms with van der Waals surface area (Å²) in [5.41, 5.74) is 2.13. The molecule has 1 nitrogen and oxygen atoms in total. The van der Waals surface area contributed by atoms with Crippen molar-refractivity contribution in [2.45, 2.75) is 27.7 Å². The topological polar surface area (TPSA) is 17.1 Å². The molecule has 0 aliphatic rings. The SMILES string of the molecule is C=C(C)/C(C)=C/C(C)C(C)=O. The van der Waals surface area contributed by atoms with Gasteiger partial charge in [0, 0.05) is 5.92 Å².